The Kier molecular flexibility index (Phi) is 5.64. The van der Waals surface area contributed by atoms with E-state index in [-0.39, 0.29) is 11.8 Å². The Hall–Kier alpha value is -3.78. The van der Waals surface area contributed by atoms with Crippen LogP contribution in [0.5, 0.6) is 0 Å². The van der Waals surface area contributed by atoms with Gasteiger partial charge in [0.05, 0.1) is 5.56 Å². The smallest absolute Gasteiger partial charge is 0.361 e. The zero-order chi connectivity index (χ0) is 21.8. The minimum absolute atomic E-state index is 0.152. The van der Waals surface area contributed by atoms with Crippen molar-refractivity contribution in [1.82, 2.24) is 4.98 Å². The predicted octanol–water partition coefficient (Wildman–Crippen LogP) is 5.73. The van der Waals surface area contributed by atoms with Crippen molar-refractivity contribution in [2.24, 2.45) is 0 Å². The van der Waals surface area contributed by atoms with Crippen molar-refractivity contribution in [3.8, 4) is 11.8 Å². The van der Waals surface area contributed by atoms with Crippen molar-refractivity contribution >= 4 is 10.9 Å². The lowest BCUT2D eigenvalue weighted by Crippen LogP contribution is -2.11. The van der Waals surface area contributed by atoms with Crippen LogP contribution in [0.1, 0.15) is 27.8 Å². The van der Waals surface area contributed by atoms with Gasteiger partial charge < -0.3 is 4.98 Å². The molecule has 0 unspecified atom stereocenters. The number of benzene rings is 3. The molecule has 4 aromatic rings. The molecule has 154 valence electrons. The predicted molar refractivity (Wildman–Crippen MR) is 116 cm³/mol. The molecular weight excluding hydrogens is 399 g/mol. The van der Waals surface area contributed by atoms with Crippen molar-refractivity contribution in [2.45, 2.75) is 19.0 Å². The molecule has 0 saturated heterocycles. The number of fused-ring (bicyclic) bond motifs is 1. The number of pyridine rings is 1. The summed E-state index contributed by atoms with van der Waals surface area (Å²) in [7, 11) is 0. The molecule has 0 aliphatic heterocycles. The third kappa shape index (κ3) is 4.87. The number of halogens is 3. The third-order valence-electron chi connectivity index (χ3n) is 5.00. The normalized spacial score (nSPS) is 11.2. The van der Waals surface area contributed by atoms with E-state index in [9.17, 15) is 18.0 Å². The fraction of sp³-hybridized carbons (Fsp3) is 0.115. The molecule has 31 heavy (non-hydrogen) atoms. The number of rotatable bonds is 3. The molecule has 0 radical (unpaired) electrons. The molecule has 4 rings (SSSR count). The van der Waals surface area contributed by atoms with Gasteiger partial charge in [0.15, 0.2) is 5.43 Å². The van der Waals surface area contributed by atoms with Gasteiger partial charge in [-0.2, -0.15) is 13.2 Å². The second kappa shape index (κ2) is 8.53. The largest absolute Gasteiger partial charge is 0.416 e. The summed E-state index contributed by atoms with van der Waals surface area (Å²) in [5.41, 5.74) is 2.81. The molecule has 3 aromatic carbocycles. The van der Waals surface area contributed by atoms with Gasteiger partial charge in [-0.15, -0.1) is 0 Å². The number of alkyl halides is 3. The molecular formula is C26H18F3NO. The molecule has 0 aliphatic carbocycles. The maximum atomic E-state index is 13.0. The van der Waals surface area contributed by atoms with Crippen LogP contribution in [0.2, 0.25) is 0 Å². The number of H-pyrrole nitrogens is 1. The SMILES string of the molecule is O=c1c(Cc2ccc(C(F)(F)F)cc2)c[nH]c2ccc(C#CCc3ccccc3)cc12. The molecule has 0 saturated carbocycles. The highest BCUT2D eigenvalue weighted by atomic mass is 19.4. The number of aromatic nitrogens is 1. The summed E-state index contributed by atoms with van der Waals surface area (Å²) >= 11 is 0. The lowest BCUT2D eigenvalue weighted by Gasteiger charge is -2.08. The highest BCUT2D eigenvalue weighted by Gasteiger charge is 2.29. The average molecular weight is 417 g/mol. The van der Waals surface area contributed by atoms with Gasteiger partial charge in [-0.1, -0.05) is 54.3 Å². The van der Waals surface area contributed by atoms with Gasteiger partial charge in [-0.25, -0.2) is 0 Å². The van der Waals surface area contributed by atoms with Gasteiger partial charge in [-0.05, 0) is 41.5 Å². The van der Waals surface area contributed by atoms with Gasteiger partial charge in [-0.3, -0.25) is 4.79 Å². The molecule has 5 heteroatoms. The first-order chi connectivity index (χ1) is 14.9. The zero-order valence-electron chi connectivity index (χ0n) is 16.5. The molecule has 1 aromatic heterocycles. The quantitative estimate of drug-likeness (QED) is 0.424. The Morgan fingerprint density at radius 3 is 2.32 bits per heavy atom. The molecule has 2 nitrogen and oxygen atoms in total. The van der Waals surface area contributed by atoms with Crippen LogP contribution in [0.4, 0.5) is 13.2 Å². The monoisotopic (exact) mass is 417 g/mol. The Bertz CT molecular complexity index is 1330. The molecule has 0 atom stereocenters. The first kappa shape index (κ1) is 20.5. The van der Waals surface area contributed by atoms with Gasteiger partial charge in [0, 0.05) is 41.1 Å². The summed E-state index contributed by atoms with van der Waals surface area (Å²) in [6.07, 6.45) is -1.91. The van der Waals surface area contributed by atoms with Crippen LogP contribution in [0, 0.1) is 11.8 Å². The van der Waals surface area contributed by atoms with Gasteiger partial charge >= 0.3 is 6.18 Å². The molecule has 1 heterocycles. The lowest BCUT2D eigenvalue weighted by atomic mass is 10.0. The van der Waals surface area contributed by atoms with E-state index in [2.05, 4.69) is 16.8 Å². The van der Waals surface area contributed by atoms with E-state index in [1.807, 2.05) is 42.5 Å². The summed E-state index contributed by atoms with van der Waals surface area (Å²) in [6, 6.07) is 20.2. The summed E-state index contributed by atoms with van der Waals surface area (Å²) in [6.45, 7) is 0. The van der Waals surface area contributed by atoms with Crippen LogP contribution in [0.3, 0.4) is 0 Å². The van der Waals surface area contributed by atoms with E-state index in [1.165, 1.54) is 12.1 Å². The number of hydrogen-bond donors (Lipinski definition) is 1. The van der Waals surface area contributed by atoms with Gasteiger partial charge in [0.25, 0.3) is 0 Å². The van der Waals surface area contributed by atoms with Crippen molar-refractivity contribution in [3.05, 3.63) is 117 Å². The fourth-order valence-corrected chi connectivity index (χ4v) is 3.35. The second-order valence-electron chi connectivity index (χ2n) is 7.24. The van der Waals surface area contributed by atoms with E-state index in [1.54, 1.807) is 12.3 Å². The summed E-state index contributed by atoms with van der Waals surface area (Å²) < 4.78 is 38.2. The van der Waals surface area contributed by atoms with E-state index in [4.69, 9.17) is 0 Å². The van der Waals surface area contributed by atoms with Crippen LogP contribution >= 0.6 is 0 Å². The van der Waals surface area contributed by atoms with Gasteiger partial charge in [0.2, 0.25) is 0 Å². The van der Waals surface area contributed by atoms with E-state index in [0.29, 0.717) is 28.5 Å². The first-order valence-corrected chi connectivity index (χ1v) is 9.73. The maximum Gasteiger partial charge on any atom is 0.416 e. The highest BCUT2D eigenvalue weighted by Crippen LogP contribution is 2.29. The highest BCUT2D eigenvalue weighted by molar-refractivity contribution is 5.80. The molecule has 0 amide bonds. The zero-order valence-corrected chi connectivity index (χ0v) is 16.5. The van der Waals surface area contributed by atoms with Crippen molar-refractivity contribution < 1.29 is 13.2 Å². The summed E-state index contributed by atoms with van der Waals surface area (Å²) in [5.74, 6) is 6.21. The molecule has 0 spiro atoms. The molecule has 0 aliphatic rings. The molecule has 0 bridgehead atoms. The average Bonchev–Trinajstić information content (AvgIpc) is 2.76. The molecule has 0 fully saturated rings. The lowest BCUT2D eigenvalue weighted by molar-refractivity contribution is -0.137. The Morgan fingerprint density at radius 2 is 1.61 bits per heavy atom. The summed E-state index contributed by atoms with van der Waals surface area (Å²) in [4.78, 5) is 16.1. The number of hydrogen-bond acceptors (Lipinski definition) is 1. The van der Waals surface area contributed by atoms with E-state index in [0.717, 1.165) is 23.3 Å². The molecule has 1 N–H and O–H groups in total. The minimum atomic E-state index is -4.38. The van der Waals surface area contributed by atoms with Crippen LogP contribution in [-0.2, 0) is 19.0 Å². The standard InChI is InChI=1S/C26H18F3NO/c27-26(28,29)22-12-9-20(10-13-22)15-21-17-30-24-14-11-19(16-23(24)25(21)31)8-4-7-18-5-2-1-3-6-18/h1-3,5-6,9-14,16-17H,7,15H2,(H,30,31). The number of aromatic amines is 1. The van der Waals surface area contributed by atoms with E-state index < -0.39 is 11.7 Å². The van der Waals surface area contributed by atoms with Crippen LogP contribution in [0.15, 0.2) is 83.8 Å². The third-order valence-corrected chi connectivity index (χ3v) is 5.00. The fourth-order valence-electron chi connectivity index (χ4n) is 3.35. The first-order valence-electron chi connectivity index (χ1n) is 9.73. The van der Waals surface area contributed by atoms with Crippen molar-refractivity contribution in [1.29, 1.82) is 0 Å². The Labute approximate surface area is 177 Å². The second-order valence-corrected chi connectivity index (χ2v) is 7.24. The number of nitrogens with one attached hydrogen (secondary N) is 1. The van der Waals surface area contributed by atoms with E-state index >= 15 is 0 Å². The Morgan fingerprint density at radius 1 is 0.871 bits per heavy atom. The van der Waals surface area contributed by atoms with Crippen LogP contribution < -0.4 is 5.43 Å². The van der Waals surface area contributed by atoms with Crippen molar-refractivity contribution in [2.75, 3.05) is 0 Å². The van der Waals surface area contributed by atoms with Gasteiger partial charge in [0.1, 0.15) is 0 Å². The van der Waals surface area contributed by atoms with Crippen molar-refractivity contribution in [3.63, 3.8) is 0 Å². The van der Waals surface area contributed by atoms with Crippen LogP contribution in [-0.4, -0.2) is 4.98 Å². The Balaban J connectivity index is 1.58. The minimum Gasteiger partial charge on any atom is -0.361 e. The topological polar surface area (TPSA) is 32.9 Å². The van der Waals surface area contributed by atoms with Crippen LogP contribution in [0.25, 0.3) is 10.9 Å². The maximum absolute atomic E-state index is 13.0. The summed E-state index contributed by atoms with van der Waals surface area (Å²) in [5, 5.41) is 0.510.